The van der Waals surface area contributed by atoms with Crippen LogP contribution in [-0.2, 0) is 77.9 Å². The number of halogens is 9. The Morgan fingerprint density at radius 3 is 1.16 bits per heavy atom. The minimum Gasteiger partial charge on any atom is -0.870 e. The maximum absolute atomic E-state index is 15.3. The first-order chi connectivity index (χ1) is 53.6. The molecule has 0 fully saturated rings. The van der Waals surface area contributed by atoms with Crippen LogP contribution in [0.25, 0.3) is 0 Å². The summed E-state index contributed by atoms with van der Waals surface area (Å²) in [4.78, 5) is 66.7. The second-order valence-corrected chi connectivity index (χ2v) is 34.6. The van der Waals surface area contributed by atoms with Crippen LogP contribution in [0.1, 0.15) is 92.3 Å². The number of carboxylic acids is 2. The van der Waals surface area contributed by atoms with Crippen molar-refractivity contribution in [2.24, 2.45) is 0 Å². The van der Waals surface area contributed by atoms with Crippen molar-refractivity contribution in [3.8, 4) is 34.5 Å². The molecule has 0 radical (unpaired) electrons. The molecule has 0 aliphatic rings. The molecule has 0 aliphatic heterocycles. The molecule has 29 nitrogen and oxygen atoms in total. The Labute approximate surface area is 722 Å². The average Bonchev–Trinajstić information content (AvgIpc) is 1.15. The summed E-state index contributed by atoms with van der Waals surface area (Å²) in [5.41, 5.74) is 3.58. The van der Waals surface area contributed by atoms with E-state index in [4.69, 9.17) is 80.3 Å². The molecule has 45 heteroatoms. The van der Waals surface area contributed by atoms with Crippen molar-refractivity contribution in [2.45, 2.75) is 121 Å². The van der Waals surface area contributed by atoms with E-state index >= 15 is 17.6 Å². The van der Waals surface area contributed by atoms with E-state index in [0.717, 1.165) is 34.8 Å². The predicted octanol–water partition coefficient (Wildman–Crippen LogP) is 14.2. The van der Waals surface area contributed by atoms with E-state index in [1.807, 2.05) is 0 Å². The van der Waals surface area contributed by atoms with Crippen molar-refractivity contribution >= 4 is 158 Å². The van der Waals surface area contributed by atoms with Crippen LogP contribution < -0.4 is 62.4 Å². The molecule has 638 valence electrons. The molecule has 0 spiro atoms. The van der Waals surface area contributed by atoms with E-state index in [1.54, 1.807) is 30.3 Å². The number of benzene rings is 6. The molecule has 7 N–H and O–H groups in total. The summed E-state index contributed by atoms with van der Waals surface area (Å²) in [7, 11) is -13.0. The molecule has 118 heavy (non-hydrogen) atoms. The molecule has 0 bridgehead atoms. The second-order valence-electron chi connectivity index (χ2n) is 25.6. The number of thiazole rings is 3. The second kappa shape index (κ2) is 46.9. The number of nitrogens with one attached hydrogen (secondary N) is 4. The number of carboxylic acid groups (broad SMARTS) is 2. The number of nitrogens with zero attached hydrogens (tertiary/aromatic N) is 5. The largest absolute Gasteiger partial charge is 1.00 e. The molecule has 0 unspecified atom stereocenters. The van der Waals surface area contributed by atoms with Gasteiger partial charge in [-0.1, -0.05) is 61.3 Å². The van der Waals surface area contributed by atoms with Crippen molar-refractivity contribution in [1.82, 2.24) is 30.9 Å². The van der Waals surface area contributed by atoms with E-state index in [1.165, 1.54) is 117 Å². The Bertz CT molecular complexity index is 5250. The number of sulfonamides is 3. The molecular weight excluding hydrogens is 1760 g/mol. The zero-order chi connectivity index (χ0) is 84.0. The number of esters is 1. The standard InChI is InChI=1S/C26H28ClF2N3O7S2.C25H26ClF2N3O7S2.C20H18Cl2FN3O5S2.2CH4.Li.H2O/c1-26(2,3)39-25(34)32(23-14-40-15-31-23)41(35,36)22-12-18(28)21(11-19(22)29)38-20-8-7-17(27)10-16(20)6-5-9-30-13-24(33)37-4;1-25(2,3)38-24(34)31(22-13-39-14-30-22)40(35,36)21-11-17(27)20(10-18(21)28)37-19-7-6-16(26)9-15(19)5-4-8-29-12-23(32)33;21-13-3-4-16(12(6-13)2-1-5-24-9-20(27)28)31-17-8-15(23)18(7-14(17)22)33(29,30)26-19-10-32-11-25-19;;;;/h7-8,10-12,14-15,30H,5-6,9,13H2,1-4H3;6-7,9-11,13-14,29H,4-5,8,12H2,1-3H3,(H,32,33);3-4,6-8,10-11,24,26H,1-2,5,9H2,(H,27,28);2*1H4;;1H2/q;;;;;+1;/p-1. The fraction of sp³-hybridized carbons (Fsp3) is 0.315. The van der Waals surface area contributed by atoms with Gasteiger partial charge in [0.25, 0.3) is 30.1 Å². The Morgan fingerprint density at radius 1 is 0.475 bits per heavy atom. The van der Waals surface area contributed by atoms with Gasteiger partial charge in [0.1, 0.15) is 66.3 Å². The van der Waals surface area contributed by atoms with Crippen LogP contribution in [0.4, 0.5) is 49.0 Å². The van der Waals surface area contributed by atoms with Crippen molar-refractivity contribution < 1.29 is 134 Å². The number of carbonyl (C=O) groups excluding carboxylic acids is 3. The molecule has 0 saturated carbocycles. The molecule has 9 rings (SSSR count). The van der Waals surface area contributed by atoms with E-state index in [-0.39, 0.29) is 107 Å². The third-order valence-electron chi connectivity index (χ3n) is 14.5. The van der Waals surface area contributed by atoms with Crippen molar-refractivity contribution in [1.29, 1.82) is 0 Å². The number of anilines is 3. The van der Waals surface area contributed by atoms with Crippen LogP contribution in [0.2, 0.25) is 20.1 Å². The third kappa shape index (κ3) is 30.9. The van der Waals surface area contributed by atoms with Crippen LogP contribution in [0.3, 0.4) is 0 Å². The van der Waals surface area contributed by atoms with Crippen molar-refractivity contribution in [3.63, 3.8) is 0 Å². The van der Waals surface area contributed by atoms with Gasteiger partial charge in [-0.3, -0.25) is 19.1 Å². The number of amides is 2. The van der Waals surface area contributed by atoms with E-state index in [2.05, 4.69) is 40.4 Å². The number of aromatic nitrogens is 3. The molecule has 2 amide bonds. The number of ether oxygens (including phenoxy) is 6. The Hall–Kier alpha value is -8.54. The molecular formula is C73H81Cl4F5LiN9O20S6. The van der Waals surface area contributed by atoms with Gasteiger partial charge in [-0.15, -0.1) is 42.6 Å². The van der Waals surface area contributed by atoms with E-state index < -0.39 is 127 Å². The first-order valence-electron chi connectivity index (χ1n) is 33.3. The zero-order valence-corrected chi connectivity index (χ0v) is 70.4. The molecule has 6 aromatic carbocycles. The number of rotatable bonds is 33. The Balaban J connectivity index is 0.000000453. The van der Waals surface area contributed by atoms with Crippen molar-refractivity contribution in [2.75, 3.05) is 59.7 Å². The van der Waals surface area contributed by atoms with Crippen molar-refractivity contribution in [3.05, 3.63) is 190 Å². The number of carbonyl (C=O) groups is 5. The minimum absolute atomic E-state index is 0. The number of hydrogen-bond acceptors (Lipinski definition) is 27. The quantitative estimate of drug-likeness (QED) is 0.00731. The Kier molecular flexibility index (Phi) is 41.2. The maximum Gasteiger partial charge on any atom is 1.00 e. The van der Waals surface area contributed by atoms with Crippen LogP contribution in [-0.4, -0.2) is 144 Å². The van der Waals surface area contributed by atoms with Gasteiger partial charge in [0.05, 0.1) is 48.3 Å². The number of hydrogen-bond donors (Lipinski definition) is 6. The van der Waals surface area contributed by atoms with Gasteiger partial charge in [0, 0.05) is 61.5 Å². The van der Waals surface area contributed by atoms with E-state index in [9.17, 15) is 53.6 Å². The summed E-state index contributed by atoms with van der Waals surface area (Å²) in [5.74, 6) is -9.83. The summed E-state index contributed by atoms with van der Waals surface area (Å²) in [6, 6.07) is 17.7. The summed E-state index contributed by atoms with van der Waals surface area (Å²) in [6.45, 7) is 10.0. The predicted molar refractivity (Wildman–Crippen MR) is 434 cm³/mol. The first kappa shape index (κ1) is 104. The van der Waals surface area contributed by atoms with Crippen LogP contribution >= 0.6 is 80.4 Å². The summed E-state index contributed by atoms with van der Waals surface area (Å²) in [6.07, 6.45) is 0.181. The van der Waals surface area contributed by atoms with Gasteiger partial charge >= 0.3 is 49.0 Å². The molecule has 9 aromatic rings. The number of aliphatic carboxylic acids is 2. The molecule has 3 heterocycles. The topological polar surface area (TPSA) is 407 Å². The van der Waals surface area contributed by atoms with Crippen LogP contribution in [0, 0.1) is 29.1 Å². The number of aryl methyl sites for hydroxylation is 3. The average molecular weight is 1840 g/mol. The Morgan fingerprint density at radius 2 is 0.822 bits per heavy atom. The van der Waals surface area contributed by atoms with E-state index in [0.29, 0.717) is 120 Å². The van der Waals surface area contributed by atoms with Crippen LogP contribution in [0.5, 0.6) is 34.5 Å². The van der Waals surface area contributed by atoms with Gasteiger partial charge in [-0.2, -0.15) is 0 Å². The molecule has 0 aliphatic carbocycles. The third-order valence-corrected chi connectivity index (χ3v) is 22.0. The fourth-order valence-corrected chi connectivity index (χ4v) is 15.9. The van der Waals surface area contributed by atoms with Gasteiger partial charge in [0.2, 0.25) is 0 Å². The first-order valence-corrected chi connectivity index (χ1v) is 42.0. The molecule has 3 aromatic heterocycles. The fourth-order valence-electron chi connectivity index (χ4n) is 9.62. The minimum atomic E-state index is -5.01. The smallest absolute Gasteiger partial charge is 0.870 e. The van der Waals surface area contributed by atoms with Gasteiger partial charge in [0.15, 0.2) is 40.6 Å². The molecule has 0 atom stereocenters. The SMILES string of the molecule is C.C.CC(C)(C)OC(=O)N(c1cscn1)S(=O)(=O)c1cc(F)c(Oc2ccc(Cl)cc2CCCNCC(=O)O)cc1F.COC(=O)CNCCCc1cc(Cl)ccc1Oc1cc(F)c(S(=O)(=O)N(C(=O)OC(C)(C)C)c2cscn2)cc1F.O=C(O)CNCCCc1cc(Cl)ccc1Oc1cc(F)c(S(=O)(=O)Nc2cscn2)cc1Cl.[Li+].[OH-]. The normalized spacial score (nSPS) is 11.2. The zero-order valence-electron chi connectivity index (χ0n) is 62.5. The summed E-state index contributed by atoms with van der Waals surface area (Å²) >= 11 is 27.6. The number of methoxy groups -OCH3 is 1. The molecule has 0 saturated heterocycles. The monoisotopic (exact) mass is 1840 g/mol. The maximum atomic E-state index is 15.3. The summed E-state index contributed by atoms with van der Waals surface area (Å²) < 4.78 is 189. The van der Waals surface area contributed by atoms with Crippen LogP contribution in [0.15, 0.2) is 138 Å². The summed E-state index contributed by atoms with van der Waals surface area (Å²) in [5, 5.41) is 30.9. The van der Waals surface area contributed by atoms with Gasteiger partial charge in [-0.25, -0.2) is 71.7 Å². The van der Waals surface area contributed by atoms with Gasteiger partial charge < -0.3 is 60.1 Å². The van der Waals surface area contributed by atoms with Gasteiger partial charge in [-0.05, 0) is 177 Å².